The van der Waals surface area contributed by atoms with Gasteiger partial charge in [-0.1, -0.05) is 18.5 Å². The summed E-state index contributed by atoms with van der Waals surface area (Å²) in [4.78, 5) is 4.19. The molecular weight excluding hydrogens is 204 g/mol. The van der Waals surface area contributed by atoms with Crippen molar-refractivity contribution in [3.63, 3.8) is 0 Å². The third kappa shape index (κ3) is 2.42. The fraction of sp³-hybridized carbons (Fsp3) is 0.667. The SMILES string of the molecule is CC1CC(NCc2ncc(Cl)s2)C1. The highest BCUT2D eigenvalue weighted by molar-refractivity contribution is 7.15. The van der Waals surface area contributed by atoms with Crippen LogP contribution in [0.2, 0.25) is 4.34 Å². The molecule has 1 aliphatic carbocycles. The maximum atomic E-state index is 5.77. The van der Waals surface area contributed by atoms with Gasteiger partial charge in [-0.3, -0.25) is 0 Å². The second-order valence-corrected chi connectivity index (χ2v) is 5.46. The van der Waals surface area contributed by atoms with E-state index >= 15 is 0 Å². The Balaban J connectivity index is 1.74. The standard InChI is InChI=1S/C9H13ClN2S/c1-6-2-7(3-6)11-5-9-12-4-8(10)13-9/h4,6-7,11H,2-3,5H2,1H3. The molecule has 13 heavy (non-hydrogen) atoms. The van der Waals surface area contributed by atoms with Gasteiger partial charge in [-0.2, -0.15) is 0 Å². The molecule has 1 heterocycles. The van der Waals surface area contributed by atoms with Crippen LogP contribution in [-0.2, 0) is 6.54 Å². The lowest BCUT2D eigenvalue weighted by Gasteiger charge is -2.33. The second kappa shape index (κ2) is 3.95. The molecule has 2 rings (SSSR count). The van der Waals surface area contributed by atoms with E-state index in [9.17, 15) is 0 Å². The molecule has 0 atom stereocenters. The van der Waals surface area contributed by atoms with Gasteiger partial charge < -0.3 is 5.32 Å². The molecule has 1 aromatic rings. The van der Waals surface area contributed by atoms with Crippen LogP contribution in [0.4, 0.5) is 0 Å². The van der Waals surface area contributed by atoms with E-state index < -0.39 is 0 Å². The summed E-state index contributed by atoms with van der Waals surface area (Å²) in [5, 5.41) is 4.56. The normalized spacial score (nSPS) is 27.2. The molecule has 1 saturated carbocycles. The molecule has 0 aromatic carbocycles. The summed E-state index contributed by atoms with van der Waals surface area (Å²) < 4.78 is 0.777. The number of aromatic nitrogens is 1. The van der Waals surface area contributed by atoms with E-state index in [0.29, 0.717) is 6.04 Å². The first-order valence-corrected chi connectivity index (χ1v) is 5.77. The monoisotopic (exact) mass is 216 g/mol. The second-order valence-electron chi connectivity index (χ2n) is 3.71. The third-order valence-electron chi connectivity index (χ3n) is 2.44. The van der Waals surface area contributed by atoms with E-state index in [4.69, 9.17) is 11.6 Å². The molecule has 0 spiro atoms. The molecule has 0 aliphatic heterocycles. The number of rotatable bonds is 3. The first kappa shape index (κ1) is 9.44. The summed E-state index contributed by atoms with van der Waals surface area (Å²) in [5.41, 5.74) is 0. The van der Waals surface area contributed by atoms with Crippen LogP contribution >= 0.6 is 22.9 Å². The van der Waals surface area contributed by atoms with Gasteiger partial charge in [0.25, 0.3) is 0 Å². The molecule has 0 bridgehead atoms. The Labute approximate surface area is 87.3 Å². The Morgan fingerprint density at radius 2 is 2.46 bits per heavy atom. The predicted molar refractivity (Wildman–Crippen MR) is 56.1 cm³/mol. The molecule has 1 fully saturated rings. The first-order valence-electron chi connectivity index (χ1n) is 4.57. The summed E-state index contributed by atoms with van der Waals surface area (Å²) in [5.74, 6) is 0.900. The fourth-order valence-electron chi connectivity index (χ4n) is 1.67. The van der Waals surface area contributed by atoms with Crippen LogP contribution in [0, 0.1) is 5.92 Å². The minimum absolute atomic E-state index is 0.706. The smallest absolute Gasteiger partial charge is 0.113 e. The maximum absolute atomic E-state index is 5.77. The van der Waals surface area contributed by atoms with E-state index in [1.165, 1.54) is 12.8 Å². The molecule has 1 N–H and O–H groups in total. The lowest BCUT2D eigenvalue weighted by molar-refractivity contribution is 0.240. The Morgan fingerprint density at radius 3 is 3.00 bits per heavy atom. The largest absolute Gasteiger partial charge is 0.308 e. The van der Waals surface area contributed by atoms with Crippen LogP contribution < -0.4 is 5.32 Å². The number of halogens is 1. The minimum Gasteiger partial charge on any atom is -0.308 e. The Bertz CT molecular complexity index is 281. The lowest BCUT2D eigenvalue weighted by atomic mass is 9.82. The van der Waals surface area contributed by atoms with Crippen molar-refractivity contribution >= 4 is 22.9 Å². The van der Waals surface area contributed by atoms with Crippen LogP contribution in [0.1, 0.15) is 24.8 Å². The van der Waals surface area contributed by atoms with E-state index in [2.05, 4.69) is 17.2 Å². The Morgan fingerprint density at radius 1 is 1.69 bits per heavy atom. The molecule has 2 nitrogen and oxygen atoms in total. The van der Waals surface area contributed by atoms with Crippen molar-refractivity contribution in [2.75, 3.05) is 0 Å². The van der Waals surface area contributed by atoms with Gasteiger partial charge >= 0.3 is 0 Å². The molecule has 1 aliphatic rings. The van der Waals surface area contributed by atoms with E-state index in [1.54, 1.807) is 17.5 Å². The van der Waals surface area contributed by atoms with Crippen molar-refractivity contribution in [1.29, 1.82) is 0 Å². The van der Waals surface area contributed by atoms with E-state index in [-0.39, 0.29) is 0 Å². The quantitative estimate of drug-likeness (QED) is 0.841. The third-order valence-corrected chi connectivity index (χ3v) is 3.56. The predicted octanol–water partition coefficient (Wildman–Crippen LogP) is 2.68. The summed E-state index contributed by atoms with van der Waals surface area (Å²) in [7, 11) is 0. The van der Waals surface area contributed by atoms with Gasteiger partial charge in [0.05, 0.1) is 6.20 Å². The zero-order valence-corrected chi connectivity index (χ0v) is 9.16. The zero-order valence-electron chi connectivity index (χ0n) is 7.59. The van der Waals surface area contributed by atoms with Gasteiger partial charge in [0.15, 0.2) is 0 Å². The van der Waals surface area contributed by atoms with Gasteiger partial charge in [0.2, 0.25) is 0 Å². The van der Waals surface area contributed by atoms with Crippen molar-refractivity contribution in [2.24, 2.45) is 5.92 Å². The van der Waals surface area contributed by atoms with Gasteiger partial charge in [0.1, 0.15) is 9.34 Å². The Hall–Kier alpha value is -0.120. The zero-order chi connectivity index (χ0) is 9.26. The topological polar surface area (TPSA) is 24.9 Å². The fourth-order valence-corrected chi connectivity index (χ4v) is 2.58. The maximum Gasteiger partial charge on any atom is 0.113 e. The van der Waals surface area contributed by atoms with Gasteiger partial charge in [-0.25, -0.2) is 4.98 Å². The number of hydrogen-bond donors (Lipinski definition) is 1. The average molecular weight is 217 g/mol. The van der Waals surface area contributed by atoms with Gasteiger partial charge in [0, 0.05) is 12.6 Å². The summed E-state index contributed by atoms with van der Waals surface area (Å²) >= 11 is 7.33. The minimum atomic E-state index is 0.706. The summed E-state index contributed by atoms with van der Waals surface area (Å²) in [6.45, 7) is 3.16. The lowest BCUT2D eigenvalue weighted by Crippen LogP contribution is -2.39. The first-order chi connectivity index (χ1) is 6.24. The average Bonchev–Trinajstić information content (AvgIpc) is 2.43. The van der Waals surface area contributed by atoms with Gasteiger partial charge in [-0.15, -0.1) is 11.3 Å². The number of nitrogens with one attached hydrogen (secondary N) is 1. The van der Waals surface area contributed by atoms with Gasteiger partial charge in [-0.05, 0) is 18.8 Å². The van der Waals surface area contributed by atoms with Crippen LogP contribution in [0.25, 0.3) is 0 Å². The van der Waals surface area contributed by atoms with Crippen molar-refractivity contribution < 1.29 is 0 Å². The molecule has 0 unspecified atom stereocenters. The molecule has 4 heteroatoms. The number of hydrogen-bond acceptors (Lipinski definition) is 3. The molecule has 0 saturated heterocycles. The van der Waals surface area contributed by atoms with Crippen molar-refractivity contribution in [1.82, 2.24) is 10.3 Å². The van der Waals surface area contributed by atoms with Crippen LogP contribution in [0.3, 0.4) is 0 Å². The number of thiazole rings is 1. The Kier molecular flexibility index (Phi) is 2.86. The summed E-state index contributed by atoms with van der Waals surface area (Å²) in [6, 6.07) is 0.706. The van der Waals surface area contributed by atoms with Crippen molar-refractivity contribution in [3.8, 4) is 0 Å². The van der Waals surface area contributed by atoms with Crippen LogP contribution in [0.15, 0.2) is 6.20 Å². The highest BCUT2D eigenvalue weighted by Crippen LogP contribution is 2.27. The van der Waals surface area contributed by atoms with E-state index in [0.717, 1.165) is 21.8 Å². The van der Waals surface area contributed by atoms with Crippen LogP contribution in [-0.4, -0.2) is 11.0 Å². The molecule has 0 amide bonds. The van der Waals surface area contributed by atoms with Crippen molar-refractivity contribution in [3.05, 3.63) is 15.5 Å². The molecular formula is C9H13ClN2S. The van der Waals surface area contributed by atoms with Crippen LogP contribution in [0.5, 0.6) is 0 Å². The molecule has 0 radical (unpaired) electrons. The highest BCUT2D eigenvalue weighted by atomic mass is 35.5. The van der Waals surface area contributed by atoms with Crippen molar-refractivity contribution in [2.45, 2.75) is 32.4 Å². The highest BCUT2D eigenvalue weighted by Gasteiger charge is 2.24. The molecule has 1 aromatic heterocycles. The number of nitrogens with zero attached hydrogens (tertiary/aromatic N) is 1. The summed E-state index contributed by atoms with van der Waals surface area (Å²) in [6.07, 6.45) is 4.32. The van der Waals surface area contributed by atoms with E-state index in [1.807, 2.05) is 0 Å². The molecule has 72 valence electrons.